The lowest BCUT2D eigenvalue weighted by atomic mass is 9.31. The normalized spacial score (nSPS) is 46.6. The first-order chi connectivity index (χ1) is 20.6. The third-order valence-corrected chi connectivity index (χ3v) is 16.0. The van der Waals surface area contributed by atoms with E-state index >= 15 is 0 Å². The molecule has 6 fully saturated rings. The Bertz CT molecular complexity index is 1290. The van der Waals surface area contributed by atoms with Gasteiger partial charge >= 0.3 is 5.97 Å². The molecule has 44 heavy (non-hydrogen) atoms. The zero-order valence-corrected chi connectivity index (χ0v) is 29.4. The van der Waals surface area contributed by atoms with Crippen LogP contribution in [0.3, 0.4) is 0 Å². The number of hydrogen-bond acceptors (Lipinski definition) is 4. The number of aromatic nitrogens is 1. The Morgan fingerprint density at radius 3 is 2.27 bits per heavy atom. The monoisotopic (exact) mass is 605 g/mol. The lowest BCUT2D eigenvalue weighted by molar-refractivity contribution is -0.686. The molecule has 5 heteroatoms. The number of anilines is 1. The van der Waals surface area contributed by atoms with Crippen molar-refractivity contribution in [2.24, 2.45) is 56.2 Å². The Kier molecular flexibility index (Phi) is 7.01. The van der Waals surface area contributed by atoms with Gasteiger partial charge in [-0.1, -0.05) is 48.5 Å². The van der Waals surface area contributed by atoms with Crippen LogP contribution >= 0.6 is 0 Å². The van der Waals surface area contributed by atoms with Gasteiger partial charge in [-0.3, -0.25) is 0 Å². The fraction of sp³-hybridized carbons (Fsp3) is 0.846. The van der Waals surface area contributed by atoms with Crippen LogP contribution in [0.2, 0.25) is 0 Å². The van der Waals surface area contributed by atoms with Gasteiger partial charge in [0.1, 0.15) is 6.10 Å². The number of hydrogen-bond donors (Lipinski definition) is 0. The number of carbonyl (C=O) groups is 1. The van der Waals surface area contributed by atoms with Crippen molar-refractivity contribution in [2.75, 3.05) is 25.6 Å². The van der Waals surface area contributed by atoms with E-state index in [4.69, 9.17) is 9.47 Å². The number of carbonyl (C=O) groups excluding carboxylic acids is 1. The molecule has 0 amide bonds. The molecule has 5 aliphatic carbocycles. The van der Waals surface area contributed by atoms with Crippen molar-refractivity contribution in [1.29, 1.82) is 0 Å². The van der Waals surface area contributed by atoms with E-state index in [2.05, 4.69) is 65.5 Å². The Hall–Kier alpha value is -1.62. The molecule has 6 aliphatic rings. The van der Waals surface area contributed by atoms with Crippen molar-refractivity contribution in [2.45, 2.75) is 131 Å². The van der Waals surface area contributed by atoms with E-state index in [9.17, 15) is 4.79 Å². The zero-order chi connectivity index (χ0) is 31.5. The molecule has 0 N–H and O–H groups in total. The molecule has 244 valence electrons. The van der Waals surface area contributed by atoms with Gasteiger partial charge in [-0.05, 0) is 115 Å². The van der Waals surface area contributed by atoms with Crippen molar-refractivity contribution in [3.63, 3.8) is 0 Å². The van der Waals surface area contributed by atoms with E-state index in [1.807, 2.05) is 31.1 Å². The second kappa shape index (κ2) is 9.94. The average molecular weight is 606 g/mol. The largest absolute Gasteiger partial charge is 0.457 e. The Labute approximate surface area is 267 Å². The van der Waals surface area contributed by atoms with Crippen LogP contribution in [0.25, 0.3) is 0 Å². The highest BCUT2D eigenvalue weighted by atomic mass is 16.5. The van der Waals surface area contributed by atoms with Gasteiger partial charge < -0.3 is 14.4 Å². The second-order valence-corrected chi connectivity index (χ2v) is 18.7. The maximum Gasteiger partial charge on any atom is 0.372 e. The molecule has 1 aromatic rings. The van der Waals surface area contributed by atoms with Crippen molar-refractivity contribution in [1.82, 2.24) is 0 Å². The summed E-state index contributed by atoms with van der Waals surface area (Å²) in [5, 5.41) is 0. The summed E-state index contributed by atoms with van der Waals surface area (Å²) in [6.45, 7) is 19.2. The van der Waals surface area contributed by atoms with Crippen molar-refractivity contribution < 1.29 is 18.8 Å². The number of nitrogens with zero attached hydrogens (tertiary/aromatic N) is 2. The van der Waals surface area contributed by atoms with Crippen LogP contribution in [0.15, 0.2) is 24.5 Å². The molecule has 0 aromatic carbocycles. The molecular weight excluding hydrogens is 544 g/mol. The van der Waals surface area contributed by atoms with Gasteiger partial charge in [0.25, 0.3) is 0 Å². The van der Waals surface area contributed by atoms with Crippen LogP contribution in [0.4, 0.5) is 5.69 Å². The quantitative estimate of drug-likeness (QED) is 0.259. The van der Waals surface area contributed by atoms with Gasteiger partial charge in [-0.25, -0.2) is 4.79 Å². The molecule has 0 spiro atoms. The van der Waals surface area contributed by atoms with Crippen molar-refractivity contribution in [3.8, 4) is 0 Å². The Balaban J connectivity index is 1.10. The van der Waals surface area contributed by atoms with E-state index in [0.29, 0.717) is 39.1 Å². The molecule has 1 aromatic heterocycles. The molecule has 2 heterocycles. The van der Waals surface area contributed by atoms with Crippen LogP contribution in [-0.4, -0.2) is 38.9 Å². The first-order valence-corrected chi connectivity index (χ1v) is 18.1. The summed E-state index contributed by atoms with van der Waals surface area (Å²) in [5.74, 6) is 2.75. The summed E-state index contributed by atoms with van der Waals surface area (Å²) < 4.78 is 15.1. The number of pyridine rings is 1. The minimum atomic E-state index is -0.105. The topological polar surface area (TPSA) is 42.7 Å². The molecule has 0 radical (unpaired) electrons. The Morgan fingerprint density at radius 2 is 1.57 bits per heavy atom. The van der Waals surface area contributed by atoms with E-state index in [-0.39, 0.29) is 24.0 Å². The first kappa shape index (κ1) is 31.0. The standard InChI is InChI=1S/C39H61N2O3/c1-34(2)18-20-39-21-19-37(6)27(32(39)33(34)43-25-39)10-11-29-36(5)16-13-30(35(3,4)28(36)12-17-38(29,37)7)44-31(42)24-41-22-14-26(15-23-41)40(8)9/h14-15,22-23,27-30,32-33H,10-13,16-21,24-25H2,1-9H3/q+1/t27?,28?,29?,30-,32?,33+,36-,37+,38+,39+/m0/s1. The van der Waals surface area contributed by atoms with Gasteiger partial charge in [0.05, 0.1) is 12.7 Å². The highest BCUT2D eigenvalue weighted by molar-refractivity contribution is 5.68. The number of ether oxygens (including phenoxy) is 2. The van der Waals surface area contributed by atoms with Crippen LogP contribution in [0.5, 0.6) is 0 Å². The molecule has 7 rings (SSSR count). The SMILES string of the molecule is CN(C)c1cc[n+](CC(=O)O[C@H]2CC[C@@]3(C)C(CC[C@]4(C)C3CCC3C5[C@H]6OC[C@@]5(CCC6(C)C)CC[C@]34C)C2(C)C)cc1. The van der Waals surface area contributed by atoms with Gasteiger partial charge in [0.15, 0.2) is 12.4 Å². The predicted molar refractivity (Wildman–Crippen MR) is 175 cm³/mol. The summed E-state index contributed by atoms with van der Waals surface area (Å²) in [7, 11) is 4.07. The van der Waals surface area contributed by atoms with Crippen LogP contribution in [0.1, 0.15) is 113 Å². The third kappa shape index (κ3) is 4.18. The molecule has 2 bridgehead atoms. The van der Waals surface area contributed by atoms with Gasteiger partial charge in [-0.15, -0.1) is 0 Å². The van der Waals surface area contributed by atoms with Crippen molar-refractivity contribution >= 4 is 11.7 Å². The summed E-state index contributed by atoms with van der Waals surface area (Å²) >= 11 is 0. The maximum atomic E-state index is 13.3. The van der Waals surface area contributed by atoms with Gasteiger partial charge in [0, 0.05) is 37.3 Å². The molecule has 1 saturated heterocycles. The van der Waals surface area contributed by atoms with E-state index in [1.54, 1.807) is 0 Å². The van der Waals surface area contributed by atoms with Crippen LogP contribution in [-0.2, 0) is 20.8 Å². The van der Waals surface area contributed by atoms with E-state index < -0.39 is 0 Å². The van der Waals surface area contributed by atoms with E-state index in [0.717, 1.165) is 36.5 Å². The highest BCUT2D eigenvalue weighted by Crippen LogP contribution is 2.78. The molecule has 4 unspecified atom stereocenters. The summed E-state index contributed by atoms with van der Waals surface area (Å²) in [6.07, 6.45) is 17.3. The number of esters is 1. The minimum absolute atomic E-state index is 0.0159. The molecular formula is C39H61N2O3+. The molecule has 10 atom stereocenters. The lowest BCUT2D eigenvalue weighted by Crippen LogP contribution is -2.68. The number of rotatable bonds is 4. The predicted octanol–water partition coefficient (Wildman–Crippen LogP) is 7.84. The number of fused-ring (bicyclic) bond motifs is 5. The van der Waals surface area contributed by atoms with Crippen molar-refractivity contribution in [3.05, 3.63) is 24.5 Å². The average Bonchev–Trinajstić information content (AvgIpc) is 3.29. The van der Waals surface area contributed by atoms with E-state index in [1.165, 1.54) is 57.8 Å². The van der Waals surface area contributed by atoms with Gasteiger partial charge in [0.2, 0.25) is 6.54 Å². The smallest absolute Gasteiger partial charge is 0.372 e. The summed E-state index contributed by atoms with van der Waals surface area (Å²) in [6, 6.07) is 4.10. The summed E-state index contributed by atoms with van der Waals surface area (Å²) in [4.78, 5) is 15.3. The molecule has 1 aliphatic heterocycles. The van der Waals surface area contributed by atoms with Gasteiger partial charge in [-0.2, -0.15) is 4.57 Å². The fourth-order valence-corrected chi connectivity index (χ4v) is 13.4. The highest BCUT2D eigenvalue weighted by Gasteiger charge is 2.73. The molecule has 5 saturated carbocycles. The fourth-order valence-electron chi connectivity index (χ4n) is 13.4. The zero-order valence-electron chi connectivity index (χ0n) is 29.4. The maximum absolute atomic E-state index is 13.3. The molecule has 5 nitrogen and oxygen atoms in total. The second-order valence-electron chi connectivity index (χ2n) is 18.7. The van der Waals surface area contributed by atoms with Crippen LogP contribution in [0, 0.1) is 56.2 Å². The Morgan fingerprint density at radius 1 is 0.864 bits per heavy atom. The van der Waals surface area contributed by atoms with Crippen LogP contribution < -0.4 is 9.47 Å². The minimum Gasteiger partial charge on any atom is -0.457 e. The summed E-state index contributed by atoms with van der Waals surface area (Å²) in [5.41, 5.74) is 2.89. The first-order valence-electron chi connectivity index (χ1n) is 18.1. The lowest BCUT2D eigenvalue weighted by Gasteiger charge is -2.73. The third-order valence-electron chi connectivity index (χ3n) is 16.0.